The van der Waals surface area contributed by atoms with Crippen LogP contribution in [0.4, 0.5) is 18.9 Å². The highest BCUT2D eigenvalue weighted by Crippen LogP contribution is 2.33. The van der Waals surface area contributed by atoms with Gasteiger partial charge in [-0.3, -0.25) is 4.79 Å². The molecule has 0 saturated carbocycles. The van der Waals surface area contributed by atoms with Crippen LogP contribution in [0.3, 0.4) is 0 Å². The van der Waals surface area contributed by atoms with Gasteiger partial charge in [0.15, 0.2) is 5.58 Å². The van der Waals surface area contributed by atoms with Gasteiger partial charge < -0.3 is 9.73 Å². The van der Waals surface area contributed by atoms with Gasteiger partial charge >= 0.3 is 6.18 Å². The van der Waals surface area contributed by atoms with Crippen molar-refractivity contribution in [3.63, 3.8) is 0 Å². The highest BCUT2D eigenvalue weighted by Gasteiger charge is 2.33. The molecule has 0 fully saturated rings. The summed E-state index contributed by atoms with van der Waals surface area (Å²) in [6.45, 7) is 5.11. The van der Waals surface area contributed by atoms with Crippen LogP contribution < -0.4 is 5.32 Å². The van der Waals surface area contributed by atoms with Crippen molar-refractivity contribution in [2.75, 3.05) is 5.32 Å². The highest BCUT2D eigenvalue weighted by molar-refractivity contribution is 6.05. The zero-order valence-electron chi connectivity index (χ0n) is 17.1. The minimum atomic E-state index is -4.52. The Kier molecular flexibility index (Phi) is 5.05. The van der Waals surface area contributed by atoms with Crippen molar-refractivity contribution in [3.05, 3.63) is 82.4 Å². The van der Waals surface area contributed by atoms with Gasteiger partial charge in [-0.1, -0.05) is 18.2 Å². The number of carbonyl (C=O) groups is 1. The summed E-state index contributed by atoms with van der Waals surface area (Å²) >= 11 is 0. The summed E-state index contributed by atoms with van der Waals surface area (Å²) in [4.78, 5) is 17.1. The summed E-state index contributed by atoms with van der Waals surface area (Å²) in [5.74, 6) is -0.155. The third-order valence-corrected chi connectivity index (χ3v) is 5.15. The number of carbonyl (C=O) groups excluding carboxylic acids is 1. The Morgan fingerprint density at radius 2 is 1.71 bits per heavy atom. The second-order valence-electron chi connectivity index (χ2n) is 7.45. The SMILES string of the molecule is Cc1cc(-c2nc3c(C)cccc3o2)ccc1NC(=O)c1ccc(C)c(C(F)(F)F)c1. The lowest BCUT2D eigenvalue weighted by Gasteiger charge is -2.13. The first-order valence-corrected chi connectivity index (χ1v) is 9.60. The van der Waals surface area contributed by atoms with E-state index in [4.69, 9.17) is 4.42 Å². The molecule has 31 heavy (non-hydrogen) atoms. The minimum Gasteiger partial charge on any atom is -0.436 e. The zero-order chi connectivity index (χ0) is 22.3. The fraction of sp³-hybridized carbons (Fsp3) is 0.167. The number of para-hydroxylation sites is 1. The van der Waals surface area contributed by atoms with E-state index >= 15 is 0 Å². The lowest BCUT2D eigenvalue weighted by molar-refractivity contribution is -0.138. The smallest absolute Gasteiger partial charge is 0.416 e. The topological polar surface area (TPSA) is 55.1 Å². The minimum absolute atomic E-state index is 0.0594. The summed E-state index contributed by atoms with van der Waals surface area (Å²) < 4.78 is 45.3. The predicted octanol–water partition coefficient (Wildman–Crippen LogP) is 6.69. The Morgan fingerprint density at radius 3 is 2.39 bits per heavy atom. The van der Waals surface area contributed by atoms with Crippen molar-refractivity contribution >= 4 is 22.7 Å². The molecule has 1 aromatic heterocycles. The molecule has 4 rings (SSSR count). The van der Waals surface area contributed by atoms with Gasteiger partial charge in [0.05, 0.1) is 5.56 Å². The summed E-state index contributed by atoms with van der Waals surface area (Å²) in [6.07, 6.45) is -4.52. The van der Waals surface area contributed by atoms with Crippen LogP contribution in [0.2, 0.25) is 0 Å². The fourth-order valence-electron chi connectivity index (χ4n) is 3.41. The first-order valence-electron chi connectivity index (χ1n) is 9.60. The van der Waals surface area contributed by atoms with E-state index in [9.17, 15) is 18.0 Å². The molecule has 0 unspecified atom stereocenters. The van der Waals surface area contributed by atoms with E-state index < -0.39 is 17.6 Å². The van der Waals surface area contributed by atoms with Gasteiger partial charge in [0, 0.05) is 16.8 Å². The molecule has 0 aliphatic carbocycles. The molecular weight excluding hydrogens is 405 g/mol. The van der Waals surface area contributed by atoms with E-state index in [2.05, 4.69) is 10.3 Å². The molecule has 0 aliphatic rings. The van der Waals surface area contributed by atoms with Crippen LogP contribution in [-0.4, -0.2) is 10.9 Å². The largest absolute Gasteiger partial charge is 0.436 e. The Bertz CT molecular complexity index is 1310. The number of benzene rings is 3. The number of aromatic nitrogens is 1. The average molecular weight is 424 g/mol. The van der Waals surface area contributed by atoms with E-state index in [0.717, 1.165) is 28.3 Å². The Labute approximate surface area is 176 Å². The number of anilines is 1. The van der Waals surface area contributed by atoms with Crippen LogP contribution in [0.5, 0.6) is 0 Å². The number of halogens is 3. The Morgan fingerprint density at radius 1 is 0.935 bits per heavy atom. The predicted molar refractivity (Wildman–Crippen MR) is 113 cm³/mol. The van der Waals surface area contributed by atoms with E-state index in [1.54, 1.807) is 19.1 Å². The molecule has 0 radical (unpaired) electrons. The van der Waals surface area contributed by atoms with Crippen molar-refractivity contribution in [1.29, 1.82) is 0 Å². The number of rotatable bonds is 3. The van der Waals surface area contributed by atoms with E-state index in [0.29, 0.717) is 17.2 Å². The van der Waals surface area contributed by atoms with E-state index in [1.807, 2.05) is 31.2 Å². The molecule has 1 N–H and O–H groups in total. The third kappa shape index (κ3) is 4.03. The highest BCUT2D eigenvalue weighted by atomic mass is 19.4. The van der Waals surface area contributed by atoms with Gasteiger partial charge in [0.1, 0.15) is 5.52 Å². The van der Waals surface area contributed by atoms with Crippen LogP contribution in [0, 0.1) is 20.8 Å². The van der Waals surface area contributed by atoms with Crippen molar-refractivity contribution in [2.24, 2.45) is 0 Å². The molecule has 4 aromatic rings. The van der Waals surface area contributed by atoms with Gasteiger partial charge in [-0.2, -0.15) is 13.2 Å². The molecule has 158 valence electrons. The number of nitrogens with zero attached hydrogens (tertiary/aromatic N) is 1. The van der Waals surface area contributed by atoms with Crippen LogP contribution in [0.25, 0.3) is 22.6 Å². The normalized spacial score (nSPS) is 11.7. The standard InChI is InChI=1S/C24H19F3N2O2/c1-13-7-8-16(12-18(13)24(25,26)27)22(30)28-19-10-9-17(11-15(19)3)23-29-21-14(2)5-4-6-20(21)31-23/h4-12H,1-3H3,(H,28,30). The summed E-state index contributed by atoms with van der Waals surface area (Å²) in [7, 11) is 0. The molecule has 1 amide bonds. The summed E-state index contributed by atoms with van der Waals surface area (Å²) in [5.41, 5.74) is 3.62. The molecule has 3 aromatic carbocycles. The van der Waals surface area contributed by atoms with Crippen molar-refractivity contribution in [3.8, 4) is 11.5 Å². The number of fused-ring (bicyclic) bond motifs is 1. The molecule has 0 bridgehead atoms. The first kappa shape index (κ1) is 20.7. The molecule has 0 aliphatic heterocycles. The van der Waals surface area contributed by atoms with Gasteiger partial charge in [-0.25, -0.2) is 4.98 Å². The fourth-order valence-corrected chi connectivity index (χ4v) is 3.41. The maximum atomic E-state index is 13.1. The Balaban J connectivity index is 1.60. The van der Waals surface area contributed by atoms with Gasteiger partial charge in [-0.15, -0.1) is 0 Å². The average Bonchev–Trinajstić information content (AvgIpc) is 3.14. The molecule has 0 saturated heterocycles. The molecule has 4 nitrogen and oxygen atoms in total. The maximum absolute atomic E-state index is 13.1. The molecule has 0 atom stereocenters. The number of alkyl halides is 3. The quantitative estimate of drug-likeness (QED) is 0.399. The van der Waals surface area contributed by atoms with Gasteiger partial charge in [0.25, 0.3) is 5.91 Å². The zero-order valence-corrected chi connectivity index (χ0v) is 17.1. The van der Waals surface area contributed by atoms with E-state index in [-0.39, 0.29) is 11.1 Å². The third-order valence-electron chi connectivity index (χ3n) is 5.15. The second-order valence-corrected chi connectivity index (χ2v) is 7.45. The van der Waals surface area contributed by atoms with Crippen molar-refractivity contribution in [1.82, 2.24) is 4.98 Å². The van der Waals surface area contributed by atoms with Crippen molar-refractivity contribution < 1.29 is 22.4 Å². The lowest BCUT2D eigenvalue weighted by atomic mass is 10.0. The summed E-state index contributed by atoms with van der Waals surface area (Å²) in [6, 6.07) is 14.5. The van der Waals surface area contributed by atoms with Crippen LogP contribution in [-0.2, 0) is 6.18 Å². The molecule has 1 heterocycles. The second kappa shape index (κ2) is 7.58. The number of amides is 1. The van der Waals surface area contributed by atoms with Crippen LogP contribution in [0.1, 0.15) is 32.6 Å². The summed E-state index contributed by atoms with van der Waals surface area (Å²) in [5, 5.41) is 2.68. The number of nitrogens with one attached hydrogen (secondary N) is 1. The number of hydrogen-bond donors (Lipinski definition) is 1. The monoisotopic (exact) mass is 424 g/mol. The lowest BCUT2D eigenvalue weighted by Crippen LogP contribution is -2.15. The number of hydrogen-bond acceptors (Lipinski definition) is 3. The maximum Gasteiger partial charge on any atom is 0.416 e. The Hall–Kier alpha value is -3.61. The van der Waals surface area contributed by atoms with Gasteiger partial charge in [0.2, 0.25) is 5.89 Å². The molecular formula is C24H19F3N2O2. The molecule has 7 heteroatoms. The van der Waals surface area contributed by atoms with Gasteiger partial charge in [-0.05, 0) is 73.9 Å². The van der Waals surface area contributed by atoms with Crippen molar-refractivity contribution in [2.45, 2.75) is 26.9 Å². The van der Waals surface area contributed by atoms with Crippen LogP contribution >= 0.6 is 0 Å². The van der Waals surface area contributed by atoms with Crippen LogP contribution in [0.15, 0.2) is 59.0 Å². The number of oxazole rings is 1. The first-order chi connectivity index (χ1) is 14.6. The molecule has 0 spiro atoms. The number of aryl methyl sites for hydroxylation is 3. The van der Waals surface area contributed by atoms with E-state index in [1.165, 1.54) is 19.1 Å².